The molecule has 1 unspecified atom stereocenters. The van der Waals surface area contributed by atoms with Crippen LogP contribution in [0.3, 0.4) is 0 Å². The van der Waals surface area contributed by atoms with Crippen LogP contribution in [0.15, 0.2) is 59.6 Å². The standard InChI is InChI=1S/C18H20N2/c1-3-18-19-16-12-8-7-11-15(16)13-17(20(18)2)14-9-5-4-6-10-14/h4-12,17H,3,13H2,1-2H3. The number of hydrogen-bond donors (Lipinski definition) is 0. The molecule has 0 aromatic heterocycles. The molecule has 2 aromatic rings. The lowest BCUT2D eigenvalue weighted by atomic mass is 9.97. The predicted molar refractivity (Wildman–Crippen MR) is 84.5 cm³/mol. The van der Waals surface area contributed by atoms with Gasteiger partial charge in [-0.25, -0.2) is 4.99 Å². The molecule has 2 heteroatoms. The zero-order valence-electron chi connectivity index (χ0n) is 12.1. The van der Waals surface area contributed by atoms with Crippen LogP contribution in [0.2, 0.25) is 0 Å². The Kier molecular flexibility index (Phi) is 3.55. The summed E-state index contributed by atoms with van der Waals surface area (Å²) in [5.41, 5.74) is 3.80. The summed E-state index contributed by atoms with van der Waals surface area (Å²) < 4.78 is 0. The van der Waals surface area contributed by atoms with Crippen LogP contribution >= 0.6 is 0 Å². The van der Waals surface area contributed by atoms with Gasteiger partial charge in [0.15, 0.2) is 0 Å². The van der Waals surface area contributed by atoms with Crippen molar-refractivity contribution in [1.29, 1.82) is 0 Å². The van der Waals surface area contributed by atoms with Crippen molar-refractivity contribution >= 4 is 11.5 Å². The third kappa shape index (κ3) is 2.34. The third-order valence-corrected chi connectivity index (χ3v) is 4.03. The number of amidine groups is 1. The molecule has 1 aliphatic heterocycles. The van der Waals surface area contributed by atoms with Gasteiger partial charge < -0.3 is 4.90 Å². The summed E-state index contributed by atoms with van der Waals surface area (Å²) in [5.74, 6) is 1.16. The van der Waals surface area contributed by atoms with E-state index in [1.807, 2.05) is 0 Å². The molecular weight excluding hydrogens is 244 g/mol. The minimum Gasteiger partial charge on any atom is -0.356 e. The summed E-state index contributed by atoms with van der Waals surface area (Å²) in [5, 5.41) is 0. The molecule has 1 heterocycles. The Morgan fingerprint density at radius 1 is 1.05 bits per heavy atom. The number of fused-ring (bicyclic) bond motifs is 1. The molecular formula is C18H20N2. The molecule has 0 amide bonds. The molecule has 0 bridgehead atoms. The topological polar surface area (TPSA) is 15.6 Å². The molecule has 2 aromatic carbocycles. The molecule has 1 atom stereocenters. The van der Waals surface area contributed by atoms with Crippen LogP contribution in [0.5, 0.6) is 0 Å². The van der Waals surface area contributed by atoms with Crippen molar-refractivity contribution in [3.05, 3.63) is 65.7 Å². The first-order chi connectivity index (χ1) is 9.79. The van der Waals surface area contributed by atoms with E-state index in [4.69, 9.17) is 4.99 Å². The van der Waals surface area contributed by atoms with Crippen LogP contribution in [0.1, 0.15) is 30.5 Å². The van der Waals surface area contributed by atoms with Crippen LogP contribution in [0.25, 0.3) is 0 Å². The summed E-state index contributed by atoms with van der Waals surface area (Å²) in [7, 11) is 2.16. The zero-order valence-corrected chi connectivity index (χ0v) is 12.1. The average Bonchev–Trinajstić information content (AvgIpc) is 2.65. The summed E-state index contributed by atoms with van der Waals surface area (Å²) in [6.07, 6.45) is 1.96. The van der Waals surface area contributed by atoms with Gasteiger partial charge >= 0.3 is 0 Å². The number of nitrogens with zero attached hydrogens (tertiary/aromatic N) is 2. The van der Waals surface area contributed by atoms with Gasteiger partial charge in [-0.15, -0.1) is 0 Å². The number of aliphatic imine (C=N–C) groups is 1. The highest BCUT2D eigenvalue weighted by molar-refractivity contribution is 5.86. The maximum atomic E-state index is 4.86. The molecule has 102 valence electrons. The van der Waals surface area contributed by atoms with Crippen molar-refractivity contribution in [3.8, 4) is 0 Å². The minimum atomic E-state index is 0.360. The second-order valence-electron chi connectivity index (χ2n) is 5.25. The Hall–Kier alpha value is -2.09. The lowest BCUT2D eigenvalue weighted by Crippen LogP contribution is -2.30. The lowest BCUT2D eigenvalue weighted by molar-refractivity contribution is 0.370. The second kappa shape index (κ2) is 5.49. The molecule has 0 N–H and O–H groups in total. The summed E-state index contributed by atoms with van der Waals surface area (Å²) in [6.45, 7) is 2.17. The number of benzene rings is 2. The molecule has 0 saturated heterocycles. The summed E-state index contributed by atoms with van der Waals surface area (Å²) >= 11 is 0. The Labute approximate surface area is 120 Å². The van der Waals surface area contributed by atoms with E-state index in [0.29, 0.717) is 6.04 Å². The van der Waals surface area contributed by atoms with E-state index < -0.39 is 0 Å². The molecule has 1 aliphatic rings. The van der Waals surface area contributed by atoms with Gasteiger partial charge in [-0.05, 0) is 23.6 Å². The minimum absolute atomic E-state index is 0.360. The van der Waals surface area contributed by atoms with Gasteiger partial charge in [0.25, 0.3) is 0 Å². The molecule has 0 saturated carbocycles. The summed E-state index contributed by atoms with van der Waals surface area (Å²) in [6, 6.07) is 19.6. The lowest BCUT2D eigenvalue weighted by Gasteiger charge is -2.29. The fourth-order valence-corrected chi connectivity index (χ4v) is 2.88. The van der Waals surface area contributed by atoms with Crippen molar-refractivity contribution < 1.29 is 0 Å². The van der Waals surface area contributed by atoms with Crippen molar-refractivity contribution in [3.63, 3.8) is 0 Å². The van der Waals surface area contributed by atoms with Crippen LogP contribution < -0.4 is 0 Å². The smallest absolute Gasteiger partial charge is 0.105 e. The fraction of sp³-hybridized carbons (Fsp3) is 0.278. The molecule has 3 rings (SSSR count). The van der Waals surface area contributed by atoms with Crippen molar-refractivity contribution in [2.24, 2.45) is 4.99 Å². The van der Waals surface area contributed by atoms with Gasteiger partial charge in [0.2, 0.25) is 0 Å². The van der Waals surface area contributed by atoms with E-state index in [-0.39, 0.29) is 0 Å². The molecule has 0 radical (unpaired) electrons. The Morgan fingerprint density at radius 2 is 1.75 bits per heavy atom. The van der Waals surface area contributed by atoms with Gasteiger partial charge in [0.05, 0.1) is 11.7 Å². The monoisotopic (exact) mass is 264 g/mol. The van der Waals surface area contributed by atoms with E-state index >= 15 is 0 Å². The number of rotatable bonds is 2. The number of para-hydroxylation sites is 1. The van der Waals surface area contributed by atoms with Crippen LogP contribution in [-0.4, -0.2) is 17.8 Å². The number of likely N-dealkylation sites (N-methyl/N-ethyl adjacent to an activating group) is 1. The van der Waals surface area contributed by atoms with Crippen LogP contribution in [0, 0.1) is 0 Å². The average molecular weight is 264 g/mol. The maximum absolute atomic E-state index is 4.86. The maximum Gasteiger partial charge on any atom is 0.105 e. The largest absolute Gasteiger partial charge is 0.356 e. The highest BCUT2D eigenvalue weighted by Gasteiger charge is 2.23. The molecule has 20 heavy (non-hydrogen) atoms. The Balaban J connectivity index is 2.07. The highest BCUT2D eigenvalue weighted by atomic mass is 15.2. The van der Waals surface area contributed by atoms with Gasteiger partial charge in [0.1, 0.15) is 5.84 Å². The van der Waals surface area contributed by atoms with Crippen molar-refractivity contribution in [1.82, 2.24) is 4.90 Å². The van der Waals surface area contributed by atoms with Crippen molar-refractivity contribution in [2.75, 3.05) is 7.05 Å². The van der Waals surface area contributed by atoms with E-state index in [1.165, 1.54) is 11.1 Å². The zero-order chi connectivity index (χ0) is 13.9. The van der Waals surface area contributed by atoms with E-state index in [2.05, 4.69) is 73.5 Å². The van der Waals surface area contributed by atoms with Crippen LogP contribution in [0.4, 0.5) is 5.69 Å². The third-order valence-electron chi connectivity index (χ3n) is 4.03. The number of hydrogen-bond acceptors (Lipinski definition) is 2. The fourth-order valence-electron chi connectivity index (χ4n) is 2.88. The van der Waals surface area contributed by atoms with E-state index in [0.717, 1.165) is 24.4 Å². The first-order valence-electron chi connectivity index (χ1n) is 7.23. The Morgan fingerprint density at radius 3 is 2.50 bits per heavy atom. The first-order valence-corrected chi connectivity index (χ1v) is 7.23. The Bertz CT molecular complexity index is 616. The van der Waals surface area contributed by atoms with Crippen LogP contribution in [-0.2, 0) is 6.42 Å². The molecule has 2 nitrogen and oxygen atoms in total. The van der Waals surface area contributed by atoms with Gasteiger partial charge in [-0.2, -0.15) is 0 Å². The van der Waals surface area contributed by atoms with Gasteiger partial charge in [0, 0.05) is 13.5 Å². The van der Waals surface area contributed by atoms with Gasteiger partial charge in [-0.1, -0.05) is 55.5 Å². The molecule has 0 aliphatic carbocycles. The second-order valence-corrected chi connectivity index (χ2v) is 5.25. The quantitative estimate of drug-likeness (QED) is 0.787. The van der Waals surface area contributed by atoms with Gasteiger partial charge in [-0.3, -0.25) is 0 Å². The van der Waals surface area contributed by atoms with E-state index in [1.54, 1.807) is 0 Å². The van der Waals surface area contributed by atoms with E-state index in [9.17, 15) is 0 Å². The molecule has 0 spiro atoms. The van der Waals surface area contributed by atoms with Crippen molar-refractivity contribution in [2.45, 2.75) is 25.8 Å². The SMILES string of the molecule is CCC1=Nc2ccccc2CC(c2ccccc2)N1C. The predicted octanol–water partition coefficient (Wildman–Crippen LogP) is 4.36. The highest BCUT2D eigenvalue weighted by Crippen LogP contribution is 2.33. The first kappa shape index (κ1) is 12.9. The molecule has 0 fully saturated rings. The normalized spacial score (nSPS) is 18.2. The summed E-state index contributed by atoms with van der Waals surface area (Å²) in [4.78, 5) is 7.19.